The number of anilines is 1. The van der Waals surface area contributed by atoms with Gasteiger partial charge in [-0.1, -0.05) is 0 Å². The number of rotatable bonds is 1. The molecule has 4 heteroatoms. The van der Waals surface area contributed by atoms with Crippen LogP contribution < -0.4 is 5.73 Å². The zero-order valence-electron chi connectivity index (χ0n) is 5.83. The summed E-state index contributed by atoms with van der Waals surface area (Å²) in [5.74, 6) is 0.439. The van der Waals surface area contributed by atoms with Gasteiger partial charge >= 0.3 is 0 Å². The number of nitrogens with two attached hydrogens (primary N) is 1. The predicted octanol–water partition coefficient (Wildman–Crippen LogP) is 0.987. The molecule has 56 valence electrons. The molecule has 0 spiro atoms. The third-order valence-corrected chi connectivity index (χ3v) is 1.48. The Hall–Kier alpha value is -1.71. The van der Waals surface area contributed by atoms with E-state index in [1.807, 2.05) is 18.3 Å². The number of nitrogens with zero attached hydrogens (tertiary/aromatic N) is 1. The van der Waals surface area contributed by atoms with Crippen molar-refractivity contribution in [3.8, 4) is 11.4 Å². The molecule has 4 N–H and O–H groups in total. The van der Waals surface area contributed by atoms with Crippen LogP contribution in [0, 0.1) is 0 Å². The van der Waals surface area contributed by atoms with Gasteiger partial charge in [-0.25, -0.2) is 4.98 Å². The lowest BCUT2D eigenvalue weighted by molar-refractivity contribution is 1.31. The van der Waals surface area contributed by atoms with Gasteiger partial charge in [0.05, 0.1) is 17.6 Å². The quantitative estimate of drug-likeness (QED) is 0.564. The van der Waals surface area contributed by atoms with Crippen LogP contribution in [0.25, 0.3) is 11.4 Å². The fourth-order valence-electron chi connectivity index (χ4n) is 0.971. The third kappa shape index (κ3) is 0.980. The van der Waals surface area contributed by atoms with Crippen molar-refractivity contribution in [1.29, 1.82) is 0 Å². The Labute approximate surface area is 63.5 Å². The molecule has 0 unspecified atom stereocenters. The topological polar surface area (TPSA) is 70.5 Å². The van der Waals surface area contributed by atoms with Gasteiger partial charge < -0.3 is 15.7 Å². The maximum atomic E-state index is 5.40. The van der Waals surface area contributed by atoms with Crippen molar-refractivity contribution < 1.29 is 0 Å². The van der Waals surface area contributed by atoms with Crippen LogP contribution in [0.15, 0.2) is 24.5 Å². The van der Waals surface area contributed by atoms with Gasteiger partial charge in [-0.3, -0.25) is 0 Å². The van der Waals surface area contributed by atoms with Crippen LogP contribution in [0.1, 0.15) is 0 Å². The summed E-state index contributed by atoms with van der Waals surface area (Å²) in [6.07, 6.45) is 3.55. The highest BCUT2D eigenvalue weighted by Crippen LogP contribution is 2.13. The lowest BCUT2D eigenvalue weighted by Crippen LogP contribution is -1.85. The van der Waals surface area contributed by atoms with Gasteiger partial charge in [0, 0.05) is 6.20 Å². The van der Waals surface area contributed by atoms with Gasteiger partial charge in [0.15, 0.2) is 5.95 Å². The van der Waals surface area contributed by atoms with Crippen LogP contribution >= 0.6 is 0 Å². The molecule has 0 atom stereocenters. The molecule has 0 aromatic carbocycles. The predicted molar refractivity (Wildman–Crippen MR) is 42.8 cm³/mol. The minimum absolute atomic E-state index is 0.439. The lowest BCUT2D eigenvalue weighted by Gasteiger charge is -1.88. The van der Waals surface area contributed by atoms with Crippen molar-refractivity contribution in [3.63, 3.8) is 0 Å². The van der Waals surface area contributed by atoms with E-state index in [0.717, 1.165) is 11.4 Å². The van der Waals surface area contributed by atoms with Crippen LogP contribution in [-0.2, 0) is 0 Å². The second-order valence-electron chi connectivity index (χ2n) is 2.27. The van der Waals surface area contributed by atoms with Crippen LogP contribution in [0.3, 0.4) is 0 Å². The van der Waals surface area contributed by atoms with E-state index in [9.17, 15) is 0 Å². The summed E-state index contributed by atoms with van der Waals surface area (Å²) in [4.78, 5) is 9.83. The summed E-state index contributed by atoms with van der Waals surface area (Å²) in [6, 6.07) is 3.87. The highest BCUT2D eigenvalue weighted by molar-refractivity contribution is 5.54. The fraction of sp³-hybridized carbons (Fsp3) is 0. The molecule has 0 saturated heterocycles. The Balaban J connectivity index is 2.45. The van der Waals surface area contributed by atoms with Crippen molar-refractivity contribution in [2.75, 3.05) is 5.73 Å². The molecule has 2 heterocycles. The maximum Gasteiger partial charge on any atom is 0.197 e. The number of hydrogen-bond acceptors (Lipinski definition) is 2. The molecule has 11 heavy (non-hydrogen) atoms. The first-order valence-electron chi connectivity index (χ1n) is 3.30. The second kappa shape index (κ2) is 2.16. The molecule has 2 rings (SSSR count). The smallest absolute Gasteiger partial charge is 0.197 e. The highest BCUT2D eigenvalue weighted by Gasteiger charge is 1.99. The fourth-order valence-corrected chi connectivity index (χ4v) is 0.971. The largest absolute Gasteiger partial charge is 0.369 e. The second-order valence-corrected chi connectivity index (χ2v) is 2.27. The average Bonchev–Trinajstić information content (AvgIpc) is 2.55. The SMILES string of the molecule is Nc1ncc(-c2ccc[nH]2)[nH]1. The first-order chi connectivity index (χ1) is 5.36. The molecule has 0 amide bonds. The van der Waals surface area contributed by atoms with E-state index in [2.05, 4.69) is 15.0 Å². The molecule has 0 aliphatic heterocycles. The molecule has 0 fully saturated rings. The Morgan fingerprint density at radius 2 is 2.27 bits per heavy atom. The summed E-state index contributed by atoms with van der Waals surface area (Å²) < 4.78 is 0. The van der Waals surface area contributed by atoms with E-state index in [1.165, 1.54) is 0 Å². The number of nitrogens with one attached hydrogen (secondary N) is 2. The van der Waals surface area contributed by atoms with Gasteiger partial charge in [0.1, 0.15) is 0 Å². The third-order valence-electron chi connectivity index (χ3n) is 1.48. The van der Waals surface area contributed by atoms with Crippen LogP contribution in [0.5, 0.6) is 0 Å². The Bertz CT molecular complexity index is 333. The minimum Gasteiger partial charge on any atom is -0.369 e. The van der Waals surface area contributed by atoms with Crippen molar-refractivity contribution >= 4 is 5.95 Å². The summed E-state index contributed by atoms with van der Waals surface area (Å²) in [6.45, 7) is 0. The number of aromatic nitrogens is 3. The summed E-state index contributed by atoms with van der Waals surface area (Å²) in [5.41, 5.74) is 7.31. The molecule has 2 aromatic heterocycles. The van der Waals surface area contributed by atoms with Gasteiger partial charge in [0.2, 0.25) is 0 Å². The maximum absolute atomic E-state index is 5.40. The Morgan fingerprint density at radius 3 is 2.82 bits per heavy atom. The monoisotopic (exact) mass is 148 g/mol. The number of H-pyrrole nitrogens is 2. The van der Waals surface area contributed by atoms with E-state index in [4.69, 9.17) is 5.73 Å². The van der Waals surface area contributed by atoms with Crippen molar-refractivity contribution in [2.45, 2.75) is 0 Å². The molecular weight excluding hydrogens is 140 g/mol. The van der Waals surface area contributed by atoms with E-state index in [1.54, 1.807) is 6.20 Å². The Kier molecular flexibility index (Phi) is 1.18. The molecule has 0 saturated carbocycles. The van der Waals surface area contributed by atoms with E-state index >= 15 is 0 Å². The highest BCUT2D eigenvalue weighted by atomic mass is 15.0. The van der Waals surface area contributed by atoms with E-state index < -0.39 is 0 Å². The summed E-state index contributed by atoms with van der Waals surface area (Å²) in [7, 11) is 0. The van der Waals surface area contributed by atoms with Crippen LogP contribution in [0.2, 0.25) is 0 Å². The lowest BCUT2D eigenvalue weighted by atomic mass is 10.3. The molecule has 0 radical (unpaired) electrons. The number of nitrogen functional groups attached to an aromatic ring is 1. The molecule has 0 aliphatic rings. The van der Waals surface area contributed by atoms with Crippen molar-refractivity contribution in [1.82, 2.24) is 15.0 Å². The zero-order valence-corrected chi connectivity index (χ0v) is 5.83. The van der Waals surface area contributed by atoms with Crippen LogP contribution in [-0.4, -0.2) is 15.0 Å². The number of imidazole rings is 1. The molecule has 0 aliphatic carbocycles. The van der Waals surface area contributed by atoms with E-state index in [0.29, 0.717) is 5.95 Å². The first kappa shape index (κ1) is 6.03. The average molecular weight is 148 g/mol. The van der Waals surface area contributed by atoms with E-state index in [-0.39, 0.29) is 0 Å². The minimum atomic E-state index is 0.439. The zero-order chi connectivity index (χ0) is 7.68. The van der Waals surface area contributed by atoms with Gasteiger partial charge in [-0.15, -0.1) is 0 Å². The first-order valence-corrected chi connectivity index (χ1v) is 3.30. The number of aromatic amines is 2. The molecule has 0 bridgehead atoms. The van der Waals surface area contributed by atoms with Gasteiger partial charge in [0.25, 0.3) is 0 Å². The standard InChI is InChI=1S/C7H8N4/c8-7-10-4-6(11-7)5-2-1-3-9-5/h1-4,9H,(H3,8,10,11). The normalized spacial score (nSPS) is 10.2. The van der Waals surface area contributed by atoms with Gasteiger partial charge in [-0.2, -0.15) is 0 Å². The Morgan fingerprint density at radius 1 is 1.36 bits per heavy atom. The molecule has 2 aromatic rings. The van der Waals surface area contributed by atoms with Gasteiger partial charge in [-0.05, 0) is 12.1 Å². The van der Waals surface area contributed by atoms with Crippen LogP contribution in [0.4, 0.5) is 5.95 Å². The van der Waals surface area contributed by atoms with Crippen molar-refractivity contribution in [2.24, 2.45) is 0 Å². The summed E-state index contributed by atoms with van der Waals surface area (Å²) >= 11 is 0. The van der Waals surface area contributed by atoms with Crippen molar-refractivity contribution in [3.05, 3.63) is 24.5 Å². The molecule has 4 nitrogen and oxygen atoms in total. The number of hydrogen-bond donors (Lipinski definition) is 3. The summed E-state index contributed by atoms with van der Waals surface area (Å²) in [5, 5.41) is 0. The molecular formula is C7H8N4.